The van der Waals surface area contributed by atoms with E-state index in [9.17, 15) is 0 Å². The highest BCUT2D eigenvalue weighted by atomic mass is 15.2. The Balaban J connectivity index is 1.61. The molecule has 1 fully saturated rings. The van der Waals surface area contributed by atoms with Crippen molar-refractivity contribution in [2.24, 2.45) is 0 Å². The van der Waals surface area contributed by atoms with E-state index < -0.39 is 0 Å². The maximum atomic E-state index is 4.65. The molecule has 0 unspecified atom stereocenters. The second-order valence-corrected chi connectivity index (χ2v) is 6.79. The van der Waals surface area contributed by atoms with Crippen molar-refractivity contribution in [3.63, 3.8) is 0 Å². The zero-order valence-corrected chi connectivity index (χ0v) is 15.2. The van der Waals surface area contributed by atoms with Crippen molar-refractivity contribution in [3.8, 4) is 11.1 Å². The van der Waals surface area contributed by atoms with E-state index >= 15 is 0 Å². The molecule has 2 N–H and O–H groups in total. The van der Waals surface area contributed by atoms with Gasteiger partial charge >= 0.3 is 0 Å². The predicted octanol–water partition coefficient (Wildman–Crippen LogP) is 3.60. The van der Waals surface area contributed by atoms with E-state index in [1.54, 1.807) is 0 Å². The molecule has 1 atom stereocenters. The standard InChI is InChI=1S/C20H24N6/c1-14-11-18(24-20(21-2)23-14)26-10-6-9-16(13-26)19-17(12-22-25-19)15-7-4-3-5-8-15/h3-5,7-8,11-12,16H,6,9-10,13H2,1-2H3,(H,22,25)(H,21,23,24)/t16-/m1/s1. The van der Waals surface area contributed by atoms with E-state index in [2.05, 4.69) is 60.7 Å². The van der Waals surface area contributed by atoms with E-state index in [0.29, 0.717) is 11.9 Å². The predicted molar refractivity (Wildman–Crippen MR) is 105 cm³/mol. The molecule has 6 heteroatoms. The fraction of sp³-hybridized carbons (Fsp3) is 0.350. The third-order valence-electron chi connectivity index (χ3n) is 4.97. The van der Waals surface area contributed by atoms with E-state index in [4.69, 9.17) is 0 Å². The molecule has 26 heavy (non-hydrogen) atoms. The van der Waals surface area contributed by atoms with E-state index in [1.807, 2.05) is 26.2 Å². The van der Waals surface area contributed by atoms with Crippen LogP contribution in [0.4, 0.5) is 11.8 Å². The summed E-state index contributed by atoms with van der Waals surface area (Å²) in [6.07, 6.45) is 4.23. The minimum Gasteiger partial charge on any atom is -0.357 e. The molecular formula is C20H24N6. The van der Waals surface area contributed by atoms with Crippen LogP contribution in [0.2, 0.25) is 0 Å². The second kappa shape index (κ2) is 7.15. The van der Waals surface area contributed by atoms with Gasteiger partial charge in [0.1, 0.15) is 5.82 Å². The number of H-pyrrole nitrogens is 1. The van der Waals surface area contributed by atoms with Crippen LogP contribution in [0.1, 0.15) is 30.1 Å². The normalized spacial score (nSPS) is 17.3. The molecule has 0 amide bonds. The van der Waals surface area contributed by atoms with Crippen molar-refractivity contribution in [1.29, 1.82) is 0 Å². The van der Waals surface area contributed by atoms with Gasteiger partial charge in [-0.1, -0.05) is 30.3 Å². The Labute approximate surface area is 153 Å². The first kappa shape index (κ1) is 16.6. The molecule has 1 aliphatic rings. The van der Waals surface area contributed by atoms with Gasteiger partial charge in [-0.05, 0) is 25.3 Å². The first-order valence-electron chi connectivity index (χ1n) is 9.11. The summed E-state index contributed by atoms with van der Waals surface area (Å²) in [6, 6.07) is 12.5. The Bertz CT molecular complexity index is 873. The van der Waals surface area contributed by atoms with Gasteiger partial charge < -0.3 is 10.2 Å². The fourth-order valence-electron chi connectivity index (χ4n) is 3.70. The van der Waals surface area contributed by atoms with Gasteiger partial charge in [0.15, 0.2) is 0 Å². The van der Waals surface area contributed by atoms with Crippen LogP contribution in [0.25, 0.3) is 11.1 Å². The SMILES string of the molecule is CNc1nc(C)cc(N2CCC[C@@H](c3[nH]ncc3-c3ccccc3)C2)n1. The van der Waals surface area contributed by atoms with E-state index in [-0.39, 0.29) is 0 Å². The Morgan fingerprint density at radius 2 is 2.04 bits per heavy atom. The molecule has 3 heterocycles. The molecule has 2 aromatic heterocycles. The molecule has 3 aromatic rings. The molecule has 4 rings (SSSR count). The summed E-state index contributed by atoms with van der Waals surface area (Å²) in [6.45, 7) is 3.96. The molecule has 1 aromatic carbocycles. The van der Waals surface area contributed by atoms with Crippen molar-refractivity contribution in [2.45, 2.75) is 25.7 Å². The Morgan fingerprint density at radius 1 is 1.19 bits per heavy atom. The highest BCUT2D eigenvalue weighted by molar-refractivity contribution is 5.66. The van der Waals surface area contributed by atoms with Gasteiger partial charge in [-0.25, -0.2) is 4.98 Å². The van der Waals surface area contributed by atoms with Crippen molar-refractivity contribution in [1.82, 2.24) is 20.2 Å². The number of aryl methyl sites for hydroxylation is 1. The first-order valence-corrected chi connectivity index (χ1v) is 9.11. The summed E-state index contributed by atoms with van der Waals surface area (Å²) in [5.41, 5.74) is 4.62. The lowest BCUT2D eigenvalue weighted by Crippen LogP contribution is -2.35. The van der Waals surface area contributed by atoms with Gasteiger partial charge in [0.2, 0.25) is 5.95 Å². The second-order valence-electron chi connectivity index (χ2n) is 6.79. The number of aromatic amines is 1. The summed E-state index contributed by atoms with van der Waals surface area (Å²) in [4.78, 5) is 11.4. The molecule has 1 aliphatic heterocycles. The van der Waals surface area contributed by atoms with Crippen molar-refractivity contribution in [2.75, 3.05) is 30.4 Å². The Kier molecular flexibility index (Phi) is 4.56. The molecule has 0 saturated carbocycles. The fourth-order valence-corrected chi connectivity index (χ4v) is 3.70. The average Bonchev–Trinajstić information content (AvgIpc) is 3.18. The number of benzene rings is 1. The molecular weight excluding hydrogens is 324 g/mol. The highest BCUT2D eigenvalue weighted by Crippen LogP contribution is 2.34. The van der Waals surface area contributed by atoms with Crippen molar-refractivity contribution >= 4 is 11.8 Å². The van der Waals surface area contributed by atoms with Crippen LogP contribution in [-0.4, -0.2) is 40.3 Å². The van der Waals surface area contributed by atoms with Crippen molar-refractivity contribution in [3.05, 3.63) is 54.0 Å². The van der Waals surface area contributed by atoms with Gasteiger partial charge in [0, 0.05) is 49.1 Å². The smallest absolute Gasteiger partial charge is 0.224 e. The van der Waals surface area contributed by atoms with Gasteiger partial charge in [-0.3, -0.25) is 5.10 Å². The van der Waals surface area contributed by atoms with Crippen LogP contribution in [0.5, 0.6) is 0 Å². The zero-order valence-electron chi connectivity index (χ0n) is 15.2. The number of nitrogens with one attached hydrogen (secondary N) is 2. The lowest BCUT2D eigenvalue weighted by atomic mass is 9.90. The van der Waals surface area contributed by atoms with Crippen LogP contribution < -0.4 is 10.2 Å². The minimum atomic E-state index is 0.412. The topological polar surface area (TPSA) is 69.7 Å². The van der Waals surface area contributed by atoms with Crippen LogP contribution in [0.15, 0.2) is 42.6 Å². The molecule has 134 valence electrons. The molecule has 0 radical (unpaired) electrons. The molecule has 6 nitrogen and oxygen atoms in total. The number of anilines is 2. The summed E-state index contributed by atoms with van der Waals surface area (Å²) in [5.74, 6) is 2.08. The van der Waals surface area contributed by atoms with E-state index in [1.165, 1.54) is 16.8 Å². The number of hydrogen-bond donors (Lipinski definition) is 2. The lowest BCUT2D eigenvalue weighted by molar-refractivity contribution is 0.498. The maximum Gasteiger partial charge on any atom is 0.224 e. The summed E-state index contributed by atoms with van der Waals surface area (Å²) < 4.78 is 0. The number of rotatable bonds is 4. The number of piperidine rings is 1. The van der Waals surface area contributed by atoms with Gasteiger partial charge in [-0.2, -0.15) is 10.1 Å². The highest BCUT2D eigenvalue weighted by Gasteiger charge is 2.26. The summed E-state index contributed by atoms with van der Waals surface area (Å²) in [7, 11) is 1.86. The number of aromatic nitrogens is 4. The largest absolute Gasteiger partial charge is 0.357 e. The Morgan fingerprint density at radius 3 is 2.85 bits per heavy atom. The molecule has 0 spiro atoms. The van der Waals surface area contributed by atoms with Crippen LogP contribution >= 0.6 is 0 Å². The van der Waals surface area contributed by atoms with Crippen molar-refractivity contribution < 1.29 is 0 Å². The monoisotopic (exact) mass is 348 g/mol. The quantitative estimate of drug-likeness (QED) is 0.754. The zero-order chi connectivity index (χ0) is 17.9. The number of nitrogens with zero attached hydrogens (tertiary/aromatic N) is 4. The third kappa shape index (κ3) is 3.27. The van der Waals surface area contributed by atoms with Gasteiger partial charge in [0.05, 0.1) is 6.20 Å². The summed E-state index contributed by atoms with van der Waals surface area (Å²) >= 11 is 0. The first-order chi connectivity index (χ1) is 12.7. The molecule has 0 bridgehead atoms. The summed E-state index contributed by atoms with van der Waals surface area (Å²) in [5, 5.41) is 10.6. The van der Waals surface area contributed by atoms with Crippen LogP contribution in [0, 0.1) is 6.92 Å². The van der Waals surface area contributed by atoms with Gasteiger partial charge in [0.25, 0.3) is 0 Å². The molecule has 0 aliphatic carbocycles. The average molecular weight is 348 g/mol. The van der Waals surface area contributed by atoms with E-state index in [0.717, 1.165) is 37.4 Å². The maximum absolute atomic E-state index is 4.65. The van der Waals surface area contributed by atoms with Crippen LogP contribution in [0.3, 0.4) is 0 Å². The third-order valence-corrected chi connectivity index (χ3v) is 4.97. The minimum absolute atomic E-state index is 0.412. The lowest BCUT2D eigenvalue weighted by Gasteiger charge is -2.33. The molecule has 1 saturated heterocycles. The Hall–Kier alpha value is -2.89. The van der Waals surface area contributed by atoms with Gasteiger partial charge in [-0.15, -0.1) is 0 Å². The van der Waals surface area contributed by atoms with Crippen LogP contribution in [-0.2, 0) is 0 Å². The number of hydrogen-bond acceptors (Lipinski definition) is 5.